The lowest BCUT2D eigenvalue weighted by Crippen LogP contribution is -1.97. The van der Waals surface area contributed by atoms with Crippen molar-refractivity contribution in [2.75, 3.05) is 7.11 Å². The lowest BCUT2D eigenvalue weighted by Gasteiger charge is -2.30. The molecule has 1 aliphatic rings. The van der Waals surface area contributed by atoms with Crippen LogP contribution in [0.4, 0.5) is 0 Å². The second-order valence-corrected chi connectivity index (χ2v) is 17.0. The minimum Gasteiger partial charge on any atom is -0.497 e. The zero-order valence-electron chi connectivity index (χ0n) is 6.88. The van der Waals surface area contributed by atoms with Crippen molar-refractivity contribution in [1.29, 1.82) is 0 Å². The molecule has 1 heterocycles. The molecule has 0 saturated carbocycles. The van der Waals surface area contributed by atoms with Crippen LogP contribution in [0.1, 0.15) is 0 Å². The first-order valence-corrected chi connectivity index (χ1v) is 11.5. The Morgan fingerprint density at radius 2 is 1.92 bits per heavy atom. The summed E-state index contributed by atoms with van der Waals surface area (Å²) in [6.45, 7) is -0.0184. The normalized spacial score (nSPS) is 26.6. The van der Waals surface area contributed by atoms with Gasteiger partial charge in [-0.2, -0.15) is 0 Å². The molecule has 6 heteroatoms. The van der Waals surface area contributed by atoms with Crippen LogP contribution in [-0.2, 0) is 0 Å². The summed E-state index contributed by atoms with van der Waals surface area (Å²) in [5.74, 6) is 0.931. The predicted molar refractivity (Wildman–Crippen MR) is 70.6 cm³/mol. The van der Waals surface area contributed by atoms with Crippen molar-refractivity contribution in [2.45, 2.75) is 0 Å². The summed E-state index contributed by atoms with van der Waals surface area (Å²) >= 11 is 4.54. The van der Waals surface area contributed by atoms with Crippen molar-refractivity contribution >= 4 is 51.2 Å². The number of thiol groups is 1. The topological polar surface area (TPSA) is 9.23 Å². The Hall–Kier alpha value is 0.930. The Morgan fingerprint density at radius 3 is 2.31 bits per heavy atom. The molecule has 70 valence electrons. The van der Waals surface area contributed by atoms with Crippen LogP contribution >= 0.6 is 45.9 Å². The van der Waals surface area contributed by atoms with Gasteiger partial charge in [0.05, 0.1) is 13.1 Å². The molecular formula is C7H8OP2S3. The molecule has 0 aliphatic carbocycles. The molecule has 0 bridgehead atoms. The van der Waals surface area contributed by atoms with E-state index in [9.17, 15) is 0 Å². The number of hydrogen-bond donors (Lipinski definition) is 1. The second-order valence-electron chi connectivity index (χ2n) is 2.37. The molecule has 1 saturated heterocycles. The fourth-order valence-corrected chi connectivity index (χ4v) is 18.4. The van der Waals surface area contributed by atoms with Crippen LogP contribution in [0.15, 0.2) is 24.3 Å². The maximum atomic E-state index is 5.11. The van der Waals surface area contributed by atoms with E-state index in [4.69, 9.17) is 4.74 Å². The van der Waals surface area contributed by atoms with E-state index in [0.717, 1.165) is 5.75 Å². The zero-order valence-corrected chi connectivity index (χ0v) is 11.2. The van der Waals surface area contributed by atoms with Gasteiger partial charge in [0.1, 0.15) is 5.75 Å². The van der Waals surface area contributed by atoms with E-state index in [2.05, 4.69) is 24.4 Å². The molecule has 0 amide bonds. The van der Waals surface area contributed by atoms with Crippen molar-refractivity contribution in [3.63, 3.8) is 0 Å². The molecule has 0 aromatic heterocycles. The summed E-state index contributed by atoms with van der Waals surface area (Å²) in [6, 6.07) is 8.29. The van der Waals surface area contributed by atoms with E-state index >= 15 is 0 Å². The number of methoxy groups -OCH3 is 1. The third-order valence-corrected chi connectivity index (χ3v) is 23.1. The summed E-state index contributed by atoms with van der Waals surface area (Å²) in [6.07, 6.45) is 0. The summed E-state index contributed by atoms with van der Waals surface area (Å²) < 4.78 is 5.11. The molecular weight excluding hydrogens is 258 g/mol. The van der Waals surface area contributed by atoms with Crippen molar-refractivity contribution in [1.82, 2.24) is 0 Å². The fraction of sp³-hybridized carbons (Fsp3) is 0.143. The summed E-state index contributed by atoms with van der Waals surface area (Å²) in [5, 5.41) is 1.43. The summed E-state index contributed by atoms with van der Waals surface area (Å²) in [4.78, 5) is 0. The van der Waals surface area contributed by atoms with Gasteiger partial charge < -0.3 is 4.74 Å². The van der Waals surface area contributed by atoms with Gasteiger partial charge in [-0.15, -0.1) is 12.2 Å². The van der Waals surface area contributed by atoms with Gasteiger partial charge in [-0.05, 0) is 50.4 Å². The molecule has 2 rings (SSSR count). The minimum absolute atomic E-state index is 0.0184. The maximum Gasteiger partial charge on any atom is 0.118 e. The summed E-state index contributed by atoms with van der Waals surface area (Å²) in [5.41, 5.74) is 0. The van der Waals surface area contributed by atoms with E-state index in [-0.39, 0.29) is 12.8 Å². The van der Waals surface area contributed by atoms with Gasteiger partial charge in [0, 0.05) is 6.81 Å². The molecule has 1 fully saturated rings. The Kier molecular flexibility index (Phi) is 3.72. The van der Waals surface area contributed by atoms with Gasteiger partial charge in [-0.1, -0.05) is 0 Å². The molecule has 1 aromatic carbocycles. The van der Waals surface area contributed by atoms with Crippen LogP contribution in [0.2, 0.25) is 0 Å². The fourth-order valence-electron chi connectivity index (χ4n) is 0.948. The lowest BCUT2D eigenvalue weighted by atomic mass is 10.3. The largest absolute Gasteiger partial charge is 0.497 e. The first-order chi connectivity index (χ1) is 6.31. The molecule has 2 atom stereocenters. The van der Waals surface area contributed by atoms with E-state index < -0.39 is 0 Å². The highest BCUT2D eigenvalue weighted by Crippen LogP contribution is 2.99. The maximum absolute atomic E-state index is 5.11. The Morgan fingerprint density at radius 1 is 1.23 bits per heavy atom. The molecule has 13 heavy (non-hydrogen) atoms. The quantitative estimate of drug-likeness (QED) is 0.486. The standard InChI is InChI=1S/C7H8OP2S3/c1-8-6-2-4-7(5-3-6)9-10(11)13-12-9/h2-5,11H,1H3. The molecule has 1 aliphatic heterocycles. The first kappa shape index (κ1) is 10.4. The van der Waals surface area contributed by atoms with Crippen molar-refractivity contribution in [3.05, 3.63) is 24.3 Å². The number of rotatable bonds is 2. The van der Waals surface area contributed by atoms with Gasteiger partial charge >= 0.3 is 0 Å². The van der Waals surface area contributed by atoms with Crippen LogP contribution in [0.3, 0.4) is 0 Å². The van der Waals surface area contributed by atoms with Crippen LogP contribution < -0.4 is 10.0 Å². The highest BCUT2D eigenvalue weighted by atomic mass is 33.8. The third kappa shape index (κ3) is 2.30. The number of benzene rings is 1. The molecule has 1 aromatic rings. The number of ether oxygens (including phenoxy) is 1. The van der Waals surface area contributed by atoms with Crippen LogP contribution in [0.25, 0.3) is 0 Å². The van der Waals surface area contributed by atoms with E-state index in [1.54, 1.807) is 7.11 Å². The minimum atomic E-state index is -0.0732. The van der Waals surface area contributed by atoms with Gasteiger partial charge in [0.25, 0.3) is 0 Å². The van der Waals surface area contributed by atoms with Gasteiger partial charge in [-0.25, -0.2) is 0 Å². The van der Waals surface area contributed by atoms with Gasteiger partial charge in [-0.3, -0.25) is 0 Å². The van der Waals surface area contributed by atoms with Gasteiger partial charge in [0.2, 0.25) is 0 Å². The second kappa shape index (κ2) is 4.63. The van der Waals surface area contributed by atoms with Crippen LogP contribution in [0.5, 0.6) is 5.75 Å². The zero-order chi connectivity index (χ0) is 9.26. The predicted octanol–water partition coefficient (Wildman–Crippen LogP) is 4.27. The average Bonchev–Trinajstić information content (AvgIpc) is 2.17. The van der Waals surface area contributed by atoms with Crippen molar-refractivity contribution < 1.29 is 4.74 Å². The molecule has 1 nitrogen and oxygen atoms in total. The third-order valence-electron chi connectivity index (χ3n) is 1.62. The highest BCUT2D eigenvalue weighted by molar-refractivity contribution is 9.46. The highest BCUT2D eigenvalue weighted by Gasteiger charge is 2.31. The molecule has 0 N–H and O–H groups in total. The van der Waals surface area contributed by atoms with E-state index in [0.29, 0.717) is 0 Å². The SMILES string of the molecule is COc1ccc(P2SSP2S)cc1. The van der Waals surface area contributed by atoms with Gasteiger partial charge in [0.15, 0.2) is 0 Å². The Balaban J connectivity index is 2.13. The van der Waals surface area contributed by atoms with Crippen molar-refractivity contribution in [2.24, 2.45) is 0 Å². The summed E-state index contributed by atoms with van der Waals surface area (Å²) in [7, 11) is 5.58. The van der Waals surface area contributed by atoms with Crippen LogP contribution in [-0.4, -0.2) is 7.11 Å². The monoisotopic (exact) mass is 266 g/mol. The lowest BCUT2D eigenvalue weighted by molar-refractivity contribution is 0.415. The molecule has 0 radical (unpaired) electrons. The number of hydrogen-bond acceptors (Lipinski definition) is 4. The molecule has 0 spiro atoms. The average molecular weight is 266 g/mol. The van der Waals surface area contributed by atoms with Crippen molar-refractivity contribution in [3.8, 4) is 5.75 Å². The molecule has 2 unspecified atom stereocenters. The Labute approximate surface area is 92.8 Å². The Bertz CT molecular complexity index is 292. The first-order valence-electron chi connectivity index (χ1n) is 3.59. The van der Waals surface area contributed by atoms with E-state index in [1.165, 1.54) is 5.30 Å². The smallest absolute Gasteiger partial charge is 0.118 e. The van der Waals surface area contributed by atoms with Crippen LogP contribution in [0, 0.1) is 0 Å². The van der Waals surface area contributed by atoms with E-state index in [1.807, 2.05) is 33.0 Å².